The number of rotatable bonds is 13. The zero-order valence-electron chi connectivity index (χ0n) is 22.2. The van der Waals surface area contributed by atoms with Crippen LogP contribution in [0.1, 0.15) is 75.1 Å². The lowest BCUT2D eigenvalue weighted by molar-refractivity contribution is -0.139. The van der Waals surface area contributed by atoms with E-state index in [4.69, 9.17) is 4.74 Å². The minimum atomic E-state index is -3.73. The predicted octanol–water partition coefficient (Wildman–Crippen LogP) is 3.91. The van der Waals surface area contributed by atoms with Gasteiger partial charge in [0.05, 0.1) is 36.6 Å². The summed E-state index contributed by atoms with van der Waals surface area (Å²) in [6.45, 7) is 4.15. The number of carboxylic acids is 2. The van der Waals surface area contributed by atoms with Crippen molar-refractivity contribution < 1.29 is 33.0 Å². The van der Waals surface area contributed by atoms with Crippen LogP contribution in [0.15, 0.2) is 47.4 Å². The second-order valence-corrected chi connectivity index (χ2v) is 11.9. The average Bonchev–Trinajstić information content (AvgIpc) is 2.97. The maximum absolute atomic E-state index is 13.9. The minimum absolute atomic E-state index is 0.0489. The molecule has 1 aliphatic heterocycles. The maximum atomic E-state index is 13.9. The van der Waals surface area contributed by atoms with Gasteiger partial charge in [-0.15, -0.1) is 0 Å². The van der Waals surface area contributed by atoms with E-state index < -0.39 is 33.4 Å². The Labute approximate surface area is 224 Å². The van der Waals surface area contributed by atoms with Gasteiger partial charge in [0, 0.05) is 23.7 Å². The van der Waals surface area contributed by atoms with E-state index in [1.165, 1.54) is 7.11 Å². The standard InChI is InChI=1S/C28H38N2O7S/c1-4-6-12-28(5-2)18-38(35,36)24-13-20(17-29-21(14-25(31)32)15-26(33)34)23(37-3)16-22(24)27(30-28)19-10-8-7-9-11-19/h7-11,13,16,21,27,29-30H,4-6,12,14-15,17-18H2,1-3H3,(H,31,32)(H,33,34)/t27?,28-/m1/s1. The van der Waals surface area contributed by atoms with Gasteiger partial charge in [0.1, 0.15) is 5.75 Å². The van der Waals surface area contributed by atoms with E-state index in [-0.39, 0.29) is 36.1 Å². The summed E-state index contributed by atoms with van der Waals surface area (Å²) in [4.78, 5) is 22.7. The molecule has 1 unspecified atom stereocenters. The summed E-state index contributed by atoms with van der Waals surface area (Å²) in [6, 6.07) is 11.8. The second-order valence-electron chi connectivity index (χ2n) is 9.96. The van der Waals surface area contributed by atoms with Gasteiger partial charge in [0.15, 0.2) is 9.84 Å². The molecule has 0 saturated carbocycles. The number of aliphatic carboxylic acids is 2. The Balaban J connectivity index is 2.12. The van der Waals surface area contributed by atoms with Gasteiger partial charge in [-0.3, -0.25) is 14.9 Å². The Hall–Kier alpha value is -2.95. The van der Waals surface area contributed by atoms with E-state index in [0.717, 1.165) is 18.4 Å². The van der Waals surface area contributed by atoms with Gasteiger partial charge in [0.25, 0.3) is 0 Å². The van der Waals surface area contributed by atoms with Crippen LogP contribution in [0.25, 0.3) is 0 Å². The van der Waals surface area contributed by atoms with Crippen LogP contribution in [0.2, 0.25) is 0 Å². The highest BCUT2D eigenvalue weighted by Gasteiger charge is 2.42. The van der Waals surface area contributed by atoms with Gasteiger partial charge < -0.3 is 20.3 Å². The average molecular weight is 547 g/mol. The molecule has 10 heteroatoms. The molecule has 1 heterocycles. The Morgan fingerprint density at radius 1 is 1.13 bits per heavy atom. The number of methoxy groups -OCH3 is 1. The first-order chi connectivity index (χ1) is 18.0. The third-order valence-electron chi connectivity index (χ3n) is 7.22. The number of fused-ring (bicyclic) bond motifs is 1. The molecule has 3 rings (SSSR count). The molecule has 0 amide bonds. The molecule has 0 radical (unpaired) electrons. The Kier molecular flexibility index (Phi) is 9.92. The smallest absolute Gasteiger partial charge is 0.304 e. The quantitative estimate of drug-likeness (QED) is 0.294. The fourth-order valence-electron chi connectivity index (χ4n) is 5.15. The number of carbonyl (C=O) groups is 2. The lowest BCUT2D eigenvalue weighted by Gasteiger charge is -2.36. The second kappa shape index (κ2) is 12.7. The van der Waals surface area contributed by atoms with Crippen molar-refractivity contribution in [3.63, 3.8) is 0 Å². The van der Waals surface area contributed by atoms with Crippen molar-refractivity contribution in [2.24, 2.45) is 0 Å². The number of hydrogen-bond acceptors (Lipinski definition) is 7. The molecule has 0 fully saturated rings. The van der Waals surface area contributed by atoms with E-state index >= 15 is 0 Å². The molecule has 208 valence electrons. The molecular formula is C28H38N2O7S. The normalized spacial score (nSPS) is 20.5. The van der Waals surface area contributed by atoms with Crippen molar-refractivity contribution in [3.8, 4) is 5.75 Å². The largest absolute Gasteiger partial charge is 0.496 e. The molecule has 0 aliphatic carbocycles. The lowest BCUT2D eigenvalue weighted by atomic mass is 9.88. The molecule has 2 aromatic carbocycles. The van der Waals surface area contributed by atoms with E-state index in [1.807, 2.05) is 37.3 Å². The Bertz CT molecular complexity index is 1220. The zero-order valence-corrected chi connectivity index (χ0v) is 23.0. The van der Waals surface area contributed by atoms with Crippen molar-refractivity contribution in [2.45, 2.75) is 81.4 Å². The first kappa shape index (κ1) is 29.6. The molecule has 0 spiro atoms. The molecule has 9 nitrogen and oxygen atoms in total. The fraction of sp³-hybridized carbons (Fsp3) is 0.500. The van der Waals surface area contributed by atoms with Gasteiger partial charge in [0.2, 0.25) is 0 Å². The van der Waals surface area contributed by atoms with Gasteiger partial charge >= 0.3 is 11.9 Å². The predicted molar refractivity (Wildman–Crippen MR) is 144 cm³/mol. The van der Waals surface area contributed by atoms with Crippen molar-refractivity contribution in [1.29, 1.82) is 0 Å². The summed E-state index contributed by atoms with van der Waals surface area (Å²) in [5.41, 5.74) is 1.43. The van der Waals surface area contributed by atoms with E-state index in [1.54, 1.807) is 12.1 Å². The number of carboxylic acid groups (broad SMARTS) is 2. The molecule has 1 aliphatic rings. The Morgan fingerprint density at radius 3 is 2.34 bits per heavy atom. The number of benzene rings is 2. The summed E-state index contributed by atoms with van der Waals surface area (Å²) < 4.78 is 33.5. The summed E-state index contributed by atoms with van der Waals surface area (Å²) in [7, 11) is -2.24. The molecule has 0 bridgehead atoms. The highest BCUT2D eigenvalue weighted by molar-refractivity contribution is 7.91. The lowest BCUT2D eigenvalue weighted by Crippen LogP contribution is -2.50. The molecule has 0 aromatic heterocycles. The third-order valence-corrected chi connectivity index (χ3v) is 9.17. The summed E-state index contributed by atoms with van der Waals surface area (Å²) in [6.07, 6.45) is 2.43. The number of unbranched alkanes of at least 4 members (excludes halogenated alkanes) is 1. The van der Waals surface area contributed by atoms with Crippen LogP contribution in [-0.2, 0) is 26.0 Å². The van der Waals surface area contributed by atoms with E-state index in [0.29, 0.717) is 29.7 Å². The van der Waals surface area contributed by atoms with Crippen LogP contribution < -0.4 is 15.4 Å². The van der Waals surface area contributed by atoms with Crippen molar-refractivity contribution in [1.82, 2.24) is 10.6 Å². The van der Waals surface area contributed by atoms with E-state index in [2.05, 4.69) is 17.6 Å². The van der Waals surface area contributed by atoms with Crippen molar-refractivity contribution in [2.75, 3.05) is 12.9 Å². The van der Waals surface area contributed by atoms with Gasteiger partial charge in [-0.05, 0) is 36.1 Å². The fourth-order valence-corrected chi connectivity index (χ4v) is 7.32. The van der Waals surface area contributed by atoms with Crippen LogP contribution in [0.5, 0.6) is 5.75 Å². The third kappa shape index (κ3) is 7.12. The first-order valence-electron chi connectivity index (χ1n) is 13.0. The molecular weight excluding hydrogens is 508 g/mol. The van der Waals surface area contributed by atoms with Gasteiger partial charge in [-0.2, -0.15) is 0 Å². The van der Waals surface area contributed by atoms with Crippen LogP contribution in [0, 0.1) is 0 Å². The van der Waals surface area contributed by atoms with Crippen molar-refractivity contribution in [3.05, 3.63) is 59.2 Å². The molecule has 0 saturated heterocycles. The number of nitrogens with one attached hydrogen (secondary N) is 2. The minimum Gasteiger partial charge on any atom is -0.496 e. The van der Waals surface area contributed by atoms with Gasteiger partial charge in [-0.25, -0.2) is 8.42 Å². The Morgan fingerprint density at radius 2 is 1.79 bits per heavy atom. The highest BCUT2D eigenvalue weighted by atomic mass is 32.2. The molecule has 4 N–H and O–H groups in total. The number of ether oxygens (including phenoxy) is 1. The topological polar surface area (TPSA) is 142 Å². The number of hydrogen-bond donors (Lipinski definition) is 4. The van der Waals surface area contributed by atoms with Crippen LogP contribution in [-0.4, -0.2) is 55.0 Å². The van der Waals surface area contributed by atoms with Crippen LogP contribution in [0.3, 0.4) is 0 Å². The van der Waals surface area contributed by atoms with E-state index in [9.17, 15) is 28.2 Å². The zero-order chi connectivity index (χ0) is 27.9. The SMILES string of the molecule is CCCC[C@]1(CC)CS(=O)(=O)c2cc(CNC(CC(=O)O)CC(=O)O)c(OC)cc2C(c2ccccc2)N1. The van der Waals surface area contributed by atoms with Crippen LogP contribution in [0.4, 0.5) is 0 Å². The summed E-state index contributed by atoms with van der Waals surface area (Å²) in [5.74, 6) is -1.86. The van der Waals surface area contributed by atoms with Crippen LogP contribution >= 0.6 is 0 Å². The van der Waals surface area contributed by atoms with Crippen molar-refractivity contribution >= 4 is 21.8 Å². The maximum Gasteiger partial charge on any atom is 0.304 e. The molecule has 38 heavy (non-hydrogen) atoms. The summed E-state index contributed by atoms with van der Waals surface area (Å²) >= 11 is 0. The van der Waals surface area contributed by atoms with Gasteiger partial charge in [-0.1, -0.05) is 57.0 Å². The number of sulfone groups is 1. The first-order valence-corrected chi connectivity index (χ1v) is 14.6. The highest BCUT2D eigenvalue weighted by Crippen LogP contribution is 2.40. The molecule has 2 atom stereocenters. The monoisotopic (exact) mass is 546 g/mol. The molecule has 2 aromatic rings. The summed E-state index contributed by atoms with van der Waals surface area (Å²) in [5, 5.41) is 25.1.